The summed E-state index contributed by atoms with van der Waals surface area (Å²) in [6.45, 7) is 1.08. The fourth-order valence-electron chi connectivity index (χ4n) is 4.05. The second kappa shape index (κ2) is 10.6. The maximum atomic E-state index is 13.3. The maximum Gasteiger partial charge on any atom is 3.00 e. The van der Waals surface area contributed by atoms with Crippen molar-refractivity contribution in [2.24, 2.45) is 0 Å². The van der Waals surface area contributed by atoms with Gasteiger partial charge in [0.2, 0.25) is 0 Å². The number of fused-ring (bicyclic) bond motifs is 3. The van der Waals surface area contributed by atoms with Crippen LogP contribution in [-0.2, 0) is 26.5 Å². The molecule has 0 fully saturated rings. The molecule has 0 amide bonds. The Morgan fingerprint density at radius 1 is 0.970 bits per heavy atom. The average Bonchev–Trinajstić information content (AvgIpc) is 3.35. The Morgan fingerprint density at radius 3 is 2.70 bits per heavy atom. The van der Waals surface area contributed by atoms with Gasteiger partial charge in [-0.1, -0.05) is 42.8 Å². The molecule has 3 heterocycles. The molecule has 6 rings (SSSR count). The zero-order valence-electron chi connectivity index (χ0n) is 17.8. The Kier molecular flexibility index (Phi) is 7.33. The second-order valence-electron chi connectivity index (χ2n) is 7.60. The number of halogens is 1. The number of hydrogen-bond donors (Lipinski definition) is 0. The molecule has 5 heteroatoms. The van der Waals surface area contributed by atoms with E-state index in [0.717, 1.165) is 29.8 Å². The van der Waals surface area contributed by atoms with Crippen LogP contribution in [0.2, 0.25) is 0 Å². The summed E-state index contributed by atoms with van der Waals surface area (Å²) in [6, 6.07) is 30.9. The first kappa shape index (κ1) is 22.9. The second-order valence-corrected chi connectivity index (χ2v) is 7.60. The van der Waals surface area contributed by atoms with Crippen LogP contribution in [0.5, 0.6) is 0 Å². The fourth-order valence-corrected chi connectivity index (χ4v) is 4.05. The molecule has 0 aliphatic carbocycles. The van der Waals surface area contributed by atoms with E-state index in [1.54, 1.807) is 12.3 Å². The van der Waals surface area contributed by atoms with E-state index in [1.807, 2.05) is 60.8 Å². The van der Waals surface area contributed by atoms with Crippen molar-refractivity contribution in [1.82, 2.24) is 9.88 Å². The molecule has 0 radical (unpaired) electrons. The molecule has 33 heavy (non-hydrogen) atoms. The van der Waals surface area contributed by atoms with Gasteiger partial charge in [0.15, 0.2) is 0 Å². The SMILES string of the molecule is Fc1[c-]c(-c2ncccc2-c2ccccc2)ccc1.[Ir+3].[c-]1cccc2c1C1[N-]C=CN1CC2. The summed E-state index contributed by atoms with van der Waals surface area (Å²) in [5.41, 5.74) is 6.09. The minimum absolute atomic E-state index is 0. The first-order valence-corrected chi connectivity index (χ1v) is 10.6. The molecule has 1 atom stereocenters. The first-order chi connectivity index (χ1) is 15.8. The summed E-state index contributed by atoms with van der Waals surface area (Å²) in [5, 5.41) is 4.41. The smallest absolute Gasteiger partial charge is 0.668 e. The van der Waals surface area contributed by atoms with Gasteiger partial charge in [0.1, 0.15) is 0 Å². The molecule has 2 aliphatic rings. The summed E-state index contributed by atoms with van der Waals surface area (Å²) in [7, 11) is 0. The van der Waals surface area contributed by atoms with Gasteiger partial charge >= 0.3 is 20.1 Å². The van der Waals surface area contributed by atoms with Crippen molar-refractivity contribution in [3.8, 4) is 22.4 Å². The number of hydrogen-bond acceptors (Lipinski definition) is 2. The van der Waals surface area contributed by atoms with E-state index in [9.17, 15) is 4.39 Å². The van der Waals surface area contributed by atoms with Crippen molar-refractivity contribution >= 4 is 0 Å². The number of benzene rings is 3. The molecule has 4 aromatic rings. The van der Waals surface area contributed by atoms with E-state index in [0.29, 0.717) is 5.56 Å². The third-order valence-electron chi connectivity index (χ3n) is 5.58. The number of pyridine rings is 1. The summed E-state index contributed by atoms with van der Waals surface area (Å²) in [6.07, 6.45) is 6.99. The van der Waals surface area contributed by atoms with Gasteiger partial charge in [0.25, 0.3) is 0 Å². The zero-order valence-corrected chi connectivity index (χ0v) is 20.2. The molecule has 0 saturated carbocycles. The molecule has 0 bridgehead atoms. The van der Waals surface area contributed by atoms with Crippen molar-refractivity contribution in [2.75, 3.05) is 6.54 Å². The minimum atomic E-state index is -0.373. The summed E-state index contributed by atoms with van der Waals surface area (Å²) >= 11 is 0. The number of nitrogens with zero attached hydrogens (tertiary/aromatic N) is 3. The van der Waals surface area contributed by atoms with Crippen LogP contribution < -0.4 is 0 Å². The normalized spacial score (nSPS) is 15.3. The van der Waals surface area contributed by atoms with Gasteiger partial charge in [-0.3, -0.25) is 0 Å². The van der Waals surface area contributed by atoms with E-state index >= 15 is 0 Å². The van der Waals surface area contributed by atoms with Gasteiger partial charge in [0.05, 0.1) is 0 Å². The monoisotopic (exact) mass is 611 g/mol. The Labute approximate surface area is 207 Å². The van der Waals surface area contributed by atoms with Crippen LogP contribution in [0, 0.1) is 17.9 Å². The van der Waals surface area contributed by atoms with E-state index in [-0.39, 0.29) is 32.1 Å². The Bertz CT molecular complexity index is 1240. The van der Waals surface area contributed by atoms with Crippen LogP contribution >= 0.6 is 0 Å². The molecular formula is C28H21FIrN3. The van der Waals surface area contributed by atoms with Crippen LogP contribution in [0.1, 0.15) is 17.3 Å². The predicted molar refractivity (Wildman–Crippen MR) is 125 cm³/mol. The quantitative estimate of drug-likeness (QED) is 0.241. The van der Waals surface area contributed by atoms with Gasteiger partial charge in [-0.25, -0.2) is 4.39 Å². The summed E-state index contributed by atoms with van der Waals surface area (Å²) < 4.78 is 13.3. The van der Waals surface area contributed by atoms with Crippen molar-refractivity contribution in [1.29, 1.82) is 0 Å². The van der Waals surface area contributed by atoms with Crippen molar-refractivity contribution < 1.29 is 24.5 Å². The molecule has 3 nitrogen and oxygen atoms in total. The van der Waals surface area contributed by atoms with Crippen molar-refractivity contribution in [3.63, 3.8) is 0 Å². The van der Waals surface area contributed by atoms with Gasteiger partial charge in [-0.05, 0) is 35.3 Å². The molecule has 1 aromatic heterocycles. The van der Waals surface area contributed by atoms with Gasteiger partial charge < -0.3 is 15.2 Å². The summed E-state index contributed by atoms with van der Waals surface area (Å²) in [5.74, 6) is -0.373. The Hall–Kier alpha value is -3.27. The molecule has 0 saturated heterocycles. The minimum Gasteiger partial charge on any atom is -0.668 e. The molecule has 164 valence electrons. The molecular weight excluding hydrogens is 590 g/mol. The number of rotatable bonds is 2. The fraction of sp³-hybridized carbons (Fsp3) is 0.107. The Morgan fingerprint density at radius 2 is 1.85 bits per heavy atom. The average molecular weight is 611 g/mol. The summed E-state index contributed by atoms with van der Waals surface area (Å²) in [4.78, 5) is 6.63. The topological polar surface area (TPSA) is 30.2 Å². The molecule has 0 N–H and O–H groups in total. The molecule has 2 aliphatic heterocycles. The van der Waals surface area contributed by atoms with Crippen LogP contribution in [0.3, 0.4) is 0 Å². The standard InChI is InChI=1S/C17H11FN.C11H10N2.Ir/c18-15-9-4-8-14(12-15)17-16(10-5-11-19-17)13-6-2-1-3-7-13;1-2-4-10-9(3-1)5-7-13-8-6-12-11(10)13;/h1-11H;1-3,6,8,11H,5,7H2;/q-1;-2;+3. The van der Waals surface area contributed by atoms with Crippen LogP contribution in [0.4, 0.5) is 4.39 Å². The van der Waals surface area contributed by atoms with Gasteiger partial charge in [-0.15, -0.1) is 29.8 Å². The van der Waals surface area contributed by atoms with Gasteiger partial charge in [0, 0.05) is 18.6 Å². The van der Waals surface area contributed by atoms with E-state index < -0.39 is 0 Å². The number of aromatic nitrogens is 1. The van der Waals surface area contributed by atoms with Crippen LogP contribution in [0.15, 0.2) is 97.5 Å². The van der Waals surface area contributed by atoms with Crippen molar-refractivity contribution in [3.05, 3.63) is 132 Å². The van der Waals surface area contributed by atoms with Crippen LogP contribution in [0.25, 0.3) is 27.7 Å². The largest absolute Gasteiger partial charge is 3.00 e. The third-order valence-corrected chi connectivity index (χ3v) is 5.58. The van der Waals surface area contributed by atoms with E-state index in [4.69, 9.17) is 0 Å². The molecule has 0 spiro atoms. The maximum absolute atomic E-state index is 13.3. The van der Waals surface area contributed by atoms with Crippen LogP contribution in [-0.4, -0.2) is 16.4 Å². The molecule has 1 unspecified atom stereocenters. The zero-order chi connectivity index (χ0) is 21.8. The third kappa shape index (κ3) is 5.05. The molecule has 3 aromatic carbocycles. The van der Waals surface area contributed by atoms with E-state index in [2.05, 4.69) is 45.7 Å². The van der Waals surface area contributed by atoms with E-state index in [1.165, 1.54) is 17.2 Å². The first-order valence-electron chi connectivity index (χ1n) is 10.6. The Balaban J connectivity index is 0.000000162. The van der Waals surface area contributed by atoms with Gasteiger partial charge in [-0.2, -0.15) is 41.6 Å². The predicted octanol–water partition coefficient (Wildman–Crippen LogP) is 6.55. The van der Waals surface area contributed by atoms with Crippen molar-refractivity contribution in [2.45, 2.75) is 12.6 Å².